The van der Waals surface area contributed by atoms with Crippen LogP contribution in [0.5, 0.6) is 0 Å². The maximum Gasteiger partial charge on any atom is 0.312 e. The fraction of sp³-hybridized carbons (Fsp3) is 0.826. The highest BCUT2D eigenvalue weighted by molar-refractivity contribution is 5.78. The van der Waals surface area contributed by atoms with E-state index in [1.54, 1.807) is 0 Å². The van der Waals surface area contributed by atoms with Gasteiger partial charge in [0.25, 0.3) is 0 Å². The maximum absolute atomic E-state index is 14.0. The highest BCUT2D eigenvalue weighted by Crippen LogP contribution is 2.76. The second-order valence-electron chi connectivity index (χ2n) is 21.4. The topological polar surface area (TPSA) is 69.6 Å². The first kappa shape index (κ1) is 38.3. The summed E-state index contributed by atoms with van der Waals surface area (Å²) >= 11 is 0. The van der Waals surface area contributed by atoms with Crippen molar-refractivity contribution in [1.29, 1.82) is 0 Å². The molecule has 7 aliphatic rings. The molecule has 0 unspecified atom stereocenters. The number of fused-ring (bicyclic) bond motifs is 7. The number of nitrogens with zero attached hydrogens (tertiary/aromatic N) is 1. The van der Waals surface area contributed by atoms with Crippen molar-refractivity contribution in [3.05, 3.63) is 35.5 Å². The van der Waals surface area contributed by atoms with Crippen molar-refractivity contribution in [3.63, 3.8) is 0 Å². The predicted molar refractivity (Wildman–Crippen MR) is 208 cm³/mol. The summed E-state index contributed by atoms with van der Waals surface area (Å²) in [4.78, 5) is 27.8. The molecule has 5 fully saturated rings. The molecule has 290 valence electrons. The van der Waals surface area contributed by atoms with Crippen molar-refractivity contribution in [2.75, 3.05) is 26.3 Å². The molecule has 0 aromatic carbocycles. The number of halogens is 1. The predicted octanol–water partition coefficient (Wildman–Crippen LogP) is 10.3. The zero-order valence-electron chi connectivity index (χ0n) is 34.1. The van der Waals surface area contributed by atoms with Crippen LogP contribution in [0.3, 0.4) is 0 Å². The molecule has 1 saturated heterocycles. The Kier molecular flexibility index (Phi) is 9.44. The van der Waals surface area contributed by atoms with Crippen LogP contribution in [0, 0.1) is 62.1 Å². The highest BCUT2D eigenvalue weighted by Gasteiger charge is 2.70. The average Bonchev–Trinajstić information content (AvgIpc) is 3.48. The van der Waals surface area contributed by atoms with Crippen LogP contribution in [0.4, 0.5) is 4.39 Å². The van der Waals surface area contributed by atoms with E-state index < -0.39 is 18.1 Å². The quantitative estimate of drug-likeness (QED) is 0.257. The van der Waals surface area contributed by atoms with E-state index in [0.29, 0.717) is 54.4 Å². The number of likely N-dealkylation sites (tertiary alicyclic amines) is 1. The van der Waals surface area contributed by atoms with Gasteiger partial charge in [-0.25, -0.2) is 4.39 Å². The first-order chi connectivity index (χ1) is 24.3. The van der Waals surface area contributed by atoms with Crippen molar-refractivity contribution < 1.29 is 19.1 Å². The van der Waals surface area contributed by atoms with Gasteiger partial charge in [-0.05, 0) is 165 Å². The van der Waals surface area contributed by atoms with Gasteiger partial charge in [0, 0.05) is 18.6 Å². The number of nitrogens with one attached hydrogen (secondary N) is 1. The van der Waals surface area contributed by atoms with Gasteiger partial charge in [0.1, 0.15) is 6.67 Å². The maximum atomic E-state index is 14.0. The summed E-state index contributed by atoms with van der Waals surface area (Å²) in [5, 5.41) is 13.9. The second kappa shape index (κ2) is 12.8. The lowest BCUT2D eigenvalue weighted by molar-refractivity contribution is -0.221. The Morgan fingerprint density at radius 1 is 0.865 bits per heavy atom. The first-order valence-electron chi connectivity index (χ1n) is 21.2. The number of carboxylic acid groups (broad SMARTS) is 1. The molecule has 52 heavy (non-hydrogen) atoms. The smallest absolute Gasteiger partial charge is 0.312 e. The van der Waals surface area contributed by atoms with E-state index >= 15 is 0 Å². The molecule has 0 spiro atoms. The Hall–Kier alpha value is -1.95. The number of amides is 1. The zero-order valence-corrected chi connectivity index (χ0v) is 34.1. The third-order valence-corrected chi connectivity index (χ3v) is 18.4. The molecule has 1 amide bonds. The molecular formula is C46H71FN2O3. The third-order valence-electron chi connectivity index (χ3n) is 18.4. The van der Waals surface area contributed by atoms with Gasteiger partial charge in [-0.2, -0.15) is 0 Å². The minimum atomic E-state index is -1.26. The van der Waals surface area contributed by atoms with Crippen LogP contribution in [0.25, 0.3) is 0 Å². The second-order valence-corrected chi connectivity index (χ2v) is 21.4. The number of carbonyl (C=O) groups excluding carboxylic acids is 1. The number of carbonyl (C=O) groups is 2. The SMILES string of the molecule is C=C(C)[C@@H]1CC[C@]2(NCC(=O)N3CCC(C)(C)CC3)CC[C@]3(C)[C@H](CC[C@@H]4[C@@]5(C)CC=C(C6=CC[C@](CF)(C(=O)O)CC6)C(C)(C)[C@@H]5CC[C@]43C)[C@@H]12. The Morgan fingerprint density at radius 2 is 1.58 bits per heavy atom. The minimum absolute atomic E-state index is 0.0153. The van der Waals surface area contributed by atoms with Gasteiger partial charge in [0.15, 0.2) is 0 Å². The number of alkyl halides is 1. The van der Waals surface area contributed by atoms with E-state index in [1.807, 2.05) is 0 Å². The minimum Gasteiger partial charge on any atom is -0.481 e. The summed E-state index contributed by atoms with van der Waals surface area (Å²) in [5.74, 6) is 2.13. The normalized spacial score (nSPS) is 45.0. The number of rotatable bonds is 7. The molecule has 1 heterocycles. The van der Waals surface area contributed by atoms with Gasteiger partial charge in [-0.3, -0.25) is 9.59 Å². The van der Waals surface area contributed by atoms with Gasteiger partial charge in [-0.15, -0.1) is 0 Å². The fourth-order valence-electron chi connectivity index (χ4n) is 14.8. The molecule has 7 rings (SSSR count). The monoisotopic (exact) mass is 719 g/mol. The lowest BCUT2D eigenvalue weighted by Crippen LogP contribution is -2.68. The van der Waals surface area contributed by atoms with E-state index in [9.17, 15) is 19.1 Å². The molecule has 6 heteroatoms. The van der Waals surface area contributed by atoms with Gasteiger partial charge < -0.3 is 15.3 Å². The zero-order chi connectivity index (χ0) is 37.7. The molecule has 0 radical (unpaired) electrons. The molecule has 0 aromatic rings. The number of allylic oxidation sites excluding steroid dienone is 5. The molecule has 6 aliphatic carbocycles. The Bertz CT molecular complexity index is 1530. The molecular weight excluding hydrogens is 648 g/mol. The summed E-state index contributed by atoms with van der Waals surface area (Å²) < 4.78 is 14.0. The summed E-state index contributed by atoms with van der Waals surface area (Å²) in [6.45, 7) is 25.9. The number of hydrogen-bond donors (Lipinski definition) is 2. The van der Waals surface area contributed by atoms with Crippen molar-refractivity contribution in [2.45, 2.75) is 151 Å². The largest absolute Gasteiger partial charge is 0.481 e. The summed E-state index contributed by atoms with van der Waals surface area (Å²) in [6, 6.07) is 0. The van der Waals surface area contributed by atoms with Crippen molar-refractivity contribution in [1.82, 2.24) is 10.2 Å². The lowest BCUT2D eigenvalue weighted by Gasteiger charge is -2.72. The molecule has 4 saturated carbocycles. The van der Waals surface area contributed by atoms with Gasteiger partial charge >= 0.3 is 5.97 Å². The van der Waals surface area contributed by atoms with Crippen LogP contribution in [0.2, 0.25) is 0 Å². The summed E-state index contributed by atoms with van der Waals surface area (Å²) in [7, 11) is 0. The van der Waals surface area contributed by atoms with Crippen LogP contribution < -0.4 is 5.32 Å². The molecule has 1 aliphatic heterocycles. The Balaban J connectivity index is 1.14. The van der Waals surface area contributed by atoms with Crippen LogP contribution in [-0.4, -0.2) is 53.7 Å². The van der Waals surface area contributed by atoms with Crippen LogP contribution >= 0.6 is 0 Å². The molecule has 0 bridgehead atoms. The van der Waals surface area contributed by atoms with E-state index in [2.05, 4.69) is 84.3 Å². The molecule has 5 nitrogen and oxygen atoms in total. The van der Waals surface area contributed by atoms with Gasteiger partial charge in [0.05, 0.1) is 12.0 Å². The van der Waals surface area contributed by atoms with Crippen molar-refractivity contribution >= 4 is 11.9 Å². The number of carboxylic acids is 1. The van der Waals surface area contributed by atoms with Crippen LogP contribution in [0.1, 0.15) is 145 Å². The molecule has 10 atom stereocenters. The van der Waals surface area contributed by atoms with Crippen LogP contribution in [-0.2, 0) is 9.59 Å². The van der Waals surface area contributed by atoms with E-state index in [0.717, 1.165) is 45.2 Å². The van der Waals surface area contributed by atoms with Gasteiger partial charge in [0.2, 0.25) is 5.91 Å². The highest BCUT2D eigenvalue weighted by atomic mass is 19.1. The van der Waals surface area contributed by atoms with Crippen molar-refractivity contribution in [3.8, 4) is 0 Å². The Morgan fingerprint density at radius 3 is 2.19 bits per heavy atom. The molecule has 2 N–H and O–H groups in total. The first-order valence-corrected chi connectivity index (χ1v) is 21.2. The van der Waals surface area contributed by atoms with Crippen LogP contribution in [0.15, 0.2) is 35.5 Å². The summed E-state index contributed by atoms with van der Waals surface area (Å²) in [6.07, 6.45) is 18.9. The summed E-state index contributed by atoms with van der Waals surface area (Å²) in [5.41, 5.74) is 3.74. The standard InChI is InChI=1S/C46H71FN2O3/c1-30(2)32-14-21-46(48-28-37(50)49-26-24-40(3,4)25-27-49)23-22-43(8)34(38(32)46)10-11-36-42(7)17-15-33(41(5,6)35(42)16-18-44(36,43)9)31-12-19-45(29-47,20-13-31)39(51)52/h12,15,32,34-36,38,48H,1,10-11,13-14,16-29H2,2-9H3,(H,51,52)/t32-,34+,35-,36+,38+,42-,43+,44+,45-,46-/m0/s1. The average molecular weight is 719 g/mol. The lowest BCUT2D eigenvalue weighted by atomic mass is 9.33. The Labute approximate surface area is 315 Å². The van der Waals surface area contributed by atoms with E-state index in [1.165, 1.54) is 55.2 Å². The van der Waals surface area contributed by atoms with E-state index in [4.69, 9.17) is 0 Å². The number of aliphatic carboxylic acids is 1. The third kappa shape index (κ3) is 5.58. The fourth-order valence-corrected chi connectivity index (χ4v) is 14.8. The number of hydrogen-bond acceptors (Lipinski definition) is 3. The van der Waals surface area contributed by atoms with Crippen molar-refractivity contribution in [2.24, 2.45) is 62.1 Å². The van der Waals surface area contributed by atoms with E-state index in [-0.39, 0.29) is 39.5 Å². The number of piperidine rings is 1. The van der Waals surface area contributed by atoms with Gasteiger partial charge in [-0.1, -0.05) is 72.8 Å². The molecule has 0 aromatic heterocycles.